The average molecular weight is 479 g/mol. The first-order chi connectivity index (χ1) is 16.3. The number of rotatable bonds is 5. The molecule has 2 amide bonds. The van der Waals surface area contributed by atoms with Gasteiger partial charge in [-0.2, -0.15) is 0 Å². The molecule has 0 saturated carbocycles. The number of carbonyl (C=O) groups excluding carboxylic acids is 3. The molecule has 1 aliphatic heterocycles. The van der Waals surface area contributed by atoms with Crippen molar-refractivity contribution in [3.05, 3.63) is 90.0 Å². The summed E-state index contributed by atoms with van der Waals surface area (Å²) in [5.41, 5.74) is 1.43. The highest BCUT2D eigenvalue weighted by Crippen LogP contribution is 2.40. The van der Waals surface area contributed by atoms with Crippen LogP contribution in [0.25, 0.3) is 0 Å². The summed E-state index contributed by atoms with van der Waals surface area (Å²) in [6.45, 7) is -0.369. The fraction of sp³-hybridized carbons (Fsp3) is 0.160. The van der Waals surface area contributed by atoms with Crippen LogP contribution in [0.3, 0.4) is 0 Å². The van der Waals surface area contributed by atoms with Crippen LogP contribution in [0.4, 0.5) is 11.4 Å². The maximum atomic E-state index is 13.5. The van der Waals surface area contributed by atoms with Gasteiger partial charge in [0.25, 0.3) is 0 Å². The summed E-state index contributed by atoms with van der Waals surface area (Å²) in [4.78, 5) is 38.8. The monoisotopic (exact) mass is 478 g/mol. The number of benzene rings is 3. The molecule has 0 spiro atoms. The van der Waals surface area contributed by atoms with E-state index >= 15 is 0 Å². The number of nitrogens with zero attached hydrogens (tertiary/aromatic N) is 1. The number of nitrogens with one attached hydrogen (secondary N) is 1. The van der Waals surface area contributed by atoms with E-state index in [4.69, 9.17) is 0 Å². The Morgan fingerprint density at radius 2 is 1.62 bits per heavy atom. The Bertz CT molecular complexity index is 1340. The highest BCUT2D eigenvalue weighted by Gasteiger charge is 2.39. The van der Waals surface area contributed by atoms with E-state index in [1.165, 1.54) is 48.4 Å². The third-order valence-corrected chi connectivity index (χ3v) is 7.71. The smallest absolute Gasteiger partial charge is 0.337 e. The molecule has 3 aromatic rings. The number of carbonyl (C=O) groups is 3. The second-order valence-corrected chi connectivity index (χ2v) is 9.81. The van der Waals surface area contributed by atoms with Crippen molar-refractivity contribution in [2.75, 3.05) is 23.9 Å². The fourth-order valence-corrected chi connectivity index (χ4v) is 5.80. The summed E-state index contributed by atoms with van der Waals surface area (Å²) in [5.74, 6) is -1.48. The standard InChI is InChI=1S/C25H22N2O6S/c1-33-25(30)18-11-13-19(14-12-18)26-23(28)16-27-20-9-5-6-10-21(20)34(31,32)22(15-24(27)29)17-7-3-2-4-8-17/h2-14,22H,15-16H2,1H3,(H,26,28)/t22-/m1/s1. The van der Waals surface area contributed by atoms with Crippen LogP contribution in [0, 0.1) is 0 Å². The molecule has 1 N–H and O–H groups in total. The van der Waals surface area contributed by atoms with E-state index in [2.05, 4.69) is 10.1 Å². The largest absolute Gasteiger partial charge is 0.465 e. The number of amides is 2. The summed E-state index contributed by atoms with van der Waals surface area (Å²) >= 11 is 0. The number of esters is 1. The Morgan fingerprint density at radius 3 is 2.29 bits per heavy atom. The zero-order chi connectivity index (χ0) is 24.3. The molecule has 0 aliphatic carbocycles. The lowest BCUT2D eigenvalue weighted by atomic mass is 10.1. The van der Waals surface area contributed by atoms with Crippen molar-refractivity contribution in [3.8, 4) is 0 Å². The van der Waals surface area contributed by atoms with Crippen molar-refractivity contribution in [3.63, 3.8) is 0 Å². The summed E-state index contributed by atoms with van der Waals surface area (Å²) < 4.78 is 31.6. The first-order valence-electron chi connectivity index (χ1n) is 10.5. The molecule has 4 rings (SSSR count). The third-order valence-electron chi connectivity index (χ3n) is 5.56. The van der Waals surface area contributed by atoms with Gasteiger partial charge in [0.2, 0.25) is 11.8 Å². The molecule has 9 heteroatoms. The van der Waals surface area contributed by atoms with Gasteiger partial charge in [-0.25, -0.2) is 13.2 Å². The summed E-state index contributed by atoms with van der Waals surface area (Å²) in [7, 11) is -2.61. The average Bonchev–Trinajstić information content (AvgIpc) is 2.93. The van der Waals surface area contributed by atoms with E-state index < -0.39 is 32.9 Å². The van der Waals surface area contributed by atoms with Crippen LogP contribution in [0.15, 0.2) is 83.8 Å². The Labute approximate surface area is 197 Å². The quantitative estimate of drug-likeness (QED) is 0.563. The summed E-state index contributed by atoms with van der Waals surface area (Å²) in [6, 6.07) is 20.9. The number of hydrogen-bond acceptors (Lipinski definition) is 6. The molecule has 0 saturated heterocycles. The van der Waals surface area contributed by atoms with Crippen LogP contribution in [0.5, 0.6) is 0 Å². The van der Waals surface area contributed by atoms with Gasteiger partial charge in [0, 0.05) is 12.1 Å². The number of ether oxygens (including phenoxy) is 1. The lowest BCUT2D eigenvalue weighted by Gasteiger charge is -2.21. The number of para-hydroxylation sites is 1. The molecular weight excluding hydrogens is 456 g/mol. The maximum absolute atomic E-state index is 13.5. The SMILES string of the molecule is COC(=O)c1ccc(NC(=O)CN2C(=O)C[C@H](c3ccccc3)S(=O)(=O)c3ccccc32)cc1. The minimum absolute atomic E-state index is 0.00457. The predicted octanol–water partition coefficient (Wildman–Crippen LogP) is 3.36. The molecule has 0 fully saturated rings. The third kappa shape index (κ3) is 4.55. The van der Waals surface area contributed by atoms with Gasteiger partial charge in [-0.3, -0.25) is 9.59 Å². The Morgan fingerprint density at radius 1 is 0.971 bits per heavy atom. The summed E-state index contributed by atoms with van der Waals surface area (Å²) in [6.07, 6.45) is -0.290. The lowest BCUT2D eigenvalue weighted by Crippen LogP contribution is -2.38. The minimum atomic E-state index is -3.89. The Balaban J connectivity index is 1.62. The highest BCUT2D eigenvalue weighted by molar-refractivity contribution is 7.92. The van der Waals surface area contributed by atoms with Gasteiger partial charge in [-0.1, -0.05) is 42.5 Å². The van der Waals surface area contributed by atoms with Gasteiger partial charge < -0.3 is 15.0 Å². The highest BCUT2D eigenvalue weighted by atomic mass is 32.2. The van der Waals surface area contributed by atoms with E-state index in [0.717, 1.165) is 0 Å². The van der Waals surface area contributed by atoms with E-state index in [9.17, 15) is 22.8 Å². The van der Waals surface area contributed by atoms with Crippen LogP contribution in [-0.4, -0.2) is 39.9 Å². The summed E-state index contributed by atoms with van der Waals surface area (Å²) in [5, 5.41) is 1.62. The molecule has 8 nitrogen and oxygen atoms in total. The predicted molar refractivity (Wildman–Crippen MR) is 126 cm³/mol. The molecule has 174 valence electrons. The molecular formula is C25H22N2O6S. The van der Waals surface area contributed by atoms with E-state index in [1.54, 1.807) is 42.5 Å². The molecule has 0 radical (unpaired) electrons. The first kappa shape index (κ1) is 23.2. The maximum Gasteiger partial charge on any atom is 0.337 e. The van der Waals surface area contributed by atoms with Crippen molar-refractivity contribution in [1.29, 1.82) is 0 Å². The van der Waals surface area contributed by atoms with Crippen molar-refractivity contribution >= 4 is 39.0 Å². The van der Waals surface area contributed by atoms with Crippen molar-refractivity contribution < 1.29 is 27.5 Å². The van der Waals surface area contributed by atoms with Crippen molar-refractivity contribution in [2.45, 2.75) is 16.6 Å². The number of methoxy groups -OCH3 is 1. The number of fused-ring (bicyclic) bond motifs is 1. The van der Waals surface area contributed by atoms with Crippen molar-refractivity contribution in [2.24, 2.45) is 0 Å². The van der Waals surface area contributed by atoms with Crippen LogP contribution >= 0.6 is 0 Å². The van der Waals surface area contributed by atoms with Gasteiger partial charge in [0.15, 0.2) is 9.84 Å². The Hall–Kier alpha value is -3.98. The molecule has 34 heavy (non-hydrogen) atoms. The molecule has 0 aromatic heterocycles. The number of hydrogen-bond donors (Lipinski definition) is 1. The zero-order valence-electron chi connectivity index (χ0n) is 18.3. The van der Waals surface area contributed by atoms with Gasteiger partial charge in [0.1, 0.15) is 6.54 Å². The molecule has 0 bridgehead atoms. The van der Waals surface area contributed by atoms with E-state index in [1.807, 2.05) is 0 Å². The number of anilines is 2. The second-order valence-electron chi connectivity index (χ2n) is 7.71. The van der Waals surface area contributed by atoms with Gasteiger partial charge in [0.05, 0.1) is 28.5 Å². The van der Waals surface area contributed by atoms with Crippen LogP contribution in [-0.2, 0) is 24.2 Å². The molecule has 1 heterocycles. The molecule has 1 aliphatic rings. The minimum Gasteiger partial charge on any atom is -0.465 e. The molecule has 3 aromatic carbocycles. The van der Waals surface area contributed by atoms with Crippen LogP contribution in [0.1, 0.15) is 27.6 Å². The van der Waals surface area contributed by atoms with Crippen LogP contribution < -0.4 is 10.2 Å². The normalized spacial score (nSPS) is 16.8. The van der Waals surface area contributed by atoms with E-state index in [-0.39, 0.29) is 23.5 Å². The topological polar surface area (TPSA) is 110 Å². The lowest BCUT2D eigenvalue weighted by molar-refractivity contribution is -0.121. The van der Waals surface area contributed by atoms with Gasteiger partial charge in [-0.05, 0) is 42.0 Å². The van der Waals surface area contributed by atoms with Crippen LogP contribution in [0.2, 0.25) is 0 Å². The number of sulfone groups is 1. The second kappa shape index (κ2) is 9.48. The molecule has 1 atom stereocenters. The Kier molecular flexibility index (Phi) is 6.47. The molecule has 0 unspecified atom stereocenters. The fourth-order valence-electron chi connectivity index (χ4n) is 3.88. The zero-order valence-corrected chi connectivity index (χ0v) is 19.1. The first-order valence-corrected chi connectivity index (χ1v) is 12.0. The van der Waals surface area contributed by atoms with E-state index in [0.29, 0.717) is 16.8 Å². The van der Waals surface area contributed by atoms with Crippen molar-refractivity contribution in [1.82, 2.24) is 0 Å². The van der Waals surface area contributed by atoms with Gasteiger partial charge in [-0.15, -0.1) is 0 Å². The van der Waals surface area contributed by atoms with Gasteiger partial charge >= 0.3 is 5.97 Å².